The number of benzene rings is 2. The van der Waals surface area contributed by atoms with Crippen LogP contribution in [0.15, 0.2) is 66.9 Å². The predicted octanol–water partition coefficient (Wildman–Crippen LogP) is 6.18. The third kappa shape index (κ3) is 5.50. The molecule has 0 spiro atoms. The first-order valence-corrected chi connectivity index (χ1v) is 13.2. The second-order valence-corrected chi connectivity index (χ2v) is 10.9. The number of hydrogen-bond donors (Lipinski definition) is 3. The number of carbonyl (C=O) groups excluding carboxylic acids is 1. The summed E-state index contributed by atoms with van der Waals surface area (Å²) in [6, 6.07) is 12.3. The second kappa shape index (κ2) is 10.7. The first-order chi connectivity index (χ1) is 19.0. The molecule has 5 atom stereocenters. The zero-order valence-corrected chi connectivity index (χ0v) is 21.8. The van der Waals surface area contributed by atoms with E-state index in [1.807, 2.05) is 0 Å². The van der Waals surface area contributed by atoms with Gasteiger partial charge in [0.1, 0.15) is 11.4 Å². The SMILES string of the molecule is O=C(N[C@@H]1[C@@H]2CC[C@@H](C2)[C@@H]1C(=O)O)N[C@@](Cc1ccccc1)(c1cc(F)cc(C(F)(F)F)c1)c1ccc(Cl)cn1. The number of rotatable bonds is 7. The zero-order valence-electron chi connectivity index (χ0n) is 21.1. The highest BCUT2D eigenvalue weighted by molar-refractivity contribution is 6.30. The molecule has 2 aliphatic rings. The predicted molar refractivity (Wildman–Crippen MR) is 139 cm³/mol. The Morgan fingerprint density at radius 2 is 1.70 bits per heavy atom. The minimum absolute atomic E-state index is 0.0277. The van der Waals surface area contributed by atoms with Gasteiger partial charge in [-0.2, -0.15) is 13.2 Å². The number of carbonyl (C=O) groups is 2. The van der Waals surface area contributed by atoms with Crippen molar-refractivity contribution in [1.29, 1.82) is 0 Å². The molecule has 2 saturated carbocycles. The molecular formula is C29H26ClF4N3O3. The number of halogens is 5. The van der Waals surface area contributed by atoms with Crippen molar-refractivity contribution in [3.63, 3.8) is 0 Å². The minimum atomic E-state index is -4.86. The Balaban J connectivity index is 1.62. The second-order valence-electron chi connectivity index (χ2n) is 10.5. The van der Waals surface area contributed by atoms with Gasteiger partial charge in [-0.3, -0.25) is 9.78 Å². The van der Waals surface area contributed by atoms with Crippen LogP contribution in [0.4, 0.5) is 22.4 Å². The average molecular weight is 576 g/mol. The van der Waals surface area contributed by atoms with Gasteiger partial charge < -0.3 is 15.7 Å². The van der Waals surface area contributed by atoms with E-state index in [9.17, 15) is 32.3 Å². The molecule has 210 valence electrons. The van der Waals surface area contributed by atoms with Crippen LogP contribution in [0.5, 0.6) is 0 Å². The van der Waals surface area contributed by atoms with Gasteiger partial charge in [0, 0.05) is 18.7 Å². The Morgan fingerprint density at radius 3 is 2.35 bits per heavy atom. The highest BCUT2D eigenvalue weighted by Gasteiger charge is 2.52. The van der Waals surface area contributed by atoms with Crippen molar-refractivity contribution in [2.45, 2.75) is 43.4 Å². The van der Waals surface area contributed by atoms with Gasteiger partial charge >= 0.3 is 18.2 Å². The Bertz CT molecular complexity index is 1400. The van der Waals surface area contributed by atoms with Crippen molar-refractivity contribution in [2.75, 3.05) is 0 Å². The van der Waals surface area contributed by atoms with E-state index >= 15 is 0 Å². The van der Waals surface area contributed by atoms with Gasteiger partial charge in [0.25, 0.3) is 0 Å². The molecule has 11 heteroatoms. The number of urea groups is 1. The Hall–Kier alpha value is -3.66. The summed E-state index contributed by atoms with van der Waals surface area (Å²) in [5.74, 6) is -3.00. The van der Waals surface area contributed by atoms with E-state index in [4.69, 9.17) is 11.6 Å². The highest BCUT2D eigenvalue weighted by atomic mass is 35.5. The van der Waals surface area contributed by atoms with E-state index in [1.54, 1.807) is 30.3 Å². The summed E-state index contributed by atoms with van der Waals surface area (Å²) in [5, 5.41) is 15.7. The van der Waals surface area contributed by atoms with Gasteiger partial charge in [-0.1, -0.05) is 41.9 Å². The van der Waals surface area contributed by atoms with Gasteiger partial charge in [-0.25, -0.2) is 9.18 Å². The van der Waals surface area contributed by atoms with Gasteiger partial charge in [-0.05, 0) is 72.6 Å². The van der Waals surface area contributed by atoms with Crippen LogP contribution >= 0.6 is 11.6 Å². The lowest BCUT2D eigenvalue weighted by Crippen LogP contribution is -2.57. The largest absolute Gasteiger partial charge is 0.481 e. The van der Waals surface area contributed by atoms with Crippen LogP contribution in [-0.4, -0.2) is 28.1 Å². The third-order valence-electron chi connectivity index (χ3n) is 8.02. The van der Waals surface area contributed by atoms with Crippen LogP contribution in [0.3, 0.4) is 0 Å². The maximum Gasteiger partial charge on any atom is 0.416 e. The Kier molecular flexibility index (Phi) is 7.48. The lowest BCUT2D eigenvalue weighted by Gasteiger charge is -2.37. The summed E-state index contributed by atoms with van der Waals surface area (Å²) in [6.07, 6.45) is -1.45. The number of aromatic nitrogens is 1. The minimum Gasteiger partial charge on any atom is -0.481 e. The maximum atomic E-state index is 14.8. The van der Waals surface area contributed by atoms with Gasteiger partial charge in [0.15, 0.2) is 0 Å². The standard InChI is InChI=1S/C29H26ClF4N3O3/c30-21-8-9-23(35-15-21)28(14-16-4-2-1-3-5-16,19-11-20(29(32,33)34)13-22(31)12-19)37-27(40)36-25-18-7-6-17(10-18)24(25)26(38)39/h1-5,8-9,11-13,15,17-18,24-25H,6-7,10,14H2,(H,38,39)(H2,36,37,40)/t17-,18+,24-,25+,28-/m0/s1. The van der Waals surface area contributed by atoms with Gasteiger partial charge in [-0.15, -0.1) is 0 Å². The van der Waals surface area contributed by atoms with E-state index in [-0.39, 0.29) is 34.5 Å². The molecule has 2 aliphatic carbocycles. The summed E-state index contributed by atoms with van der Waals surface area (Å²) in [4.78, 5) is 30.0. The Labute approximate surface area is 232 Å². The summed E-state index contributed by atoms with van der Waals surface area (Å²) in [6.45, 7) is 0. The molecule has 5 rings (SSSR count). The summed E-state index contributed by atoms with van der Waals surface area (Å²) in [5.41, 5.74) is -2.45. The molecule has 0 saturated heterocycles. The third-order valence-corrected chi connectivity index (χ3v) is 8.24. The Morgan fingerprint density at radius 1 is 1.00 bits per heavy atom. The number of carboxylic acid groups (broad SMARTS) is 1. The summed E-state index contributed by atoms with van der Waals surface area (Å²) in [7, 11) is 0. The maximum absolute atomic E-state index is 14.8. The number of nitrogens with one attached hydrogen (secondary N) is 2. The monoisotopic (exact) mass is 575 g/mol. The molecule has 3 aromatic rings. The van der Waals surface area contributed by atoms with E-state index in [0.29, 0.717) is 18.1 Å². The zero-order chi connectivity index (χ0) is 28.7. The molecule has 2 amide bonds. The number of aliphatic carboxylic acids is 1. The van der Waals surface area contributed by atoms with Crippen molar-refractivity contribution in [3.8, 4) is 0 Å². The van der Waals surface area contributed by atoms with Crippen molar-refractivity contribution in [2.24, 2.45) is 17.8 Å². The number of nitrogens with zero attached hydrogens (tertiary/aromatic N) is 1. The molecule has 1 heterocycles. The van der Waals surface area contributed by atoms with E-state index in [2.05, 4.69) is 15.6 Å². The number of hydrogen-bond acceptors (Lipinski definition) is 3. The van der Waals surface area contributed by atoms with Gasteiger partial charge in [0.2, 0.25) is 0 Å². The molecule has 0 radical (unpaired) electrons. The van der Waals surface area contributed by atoms with E-state index < -0.39 is 47.1 Å². The van der Waals surface area contributed by atoms with Crippen molar-refractivity contribution < 1.29 is 32.3 Å². The first kappa shape index (κ1) is 27.9. The van der Waals surface area contributed by atoms with Crippen LogP contribution < -0.4 is 10.6 Å². The molecule has 2 aromatic carbocycles. The van der Waals surface area contributed by atoms with Crippen LogP contribution in [0, 0.1) is 23.6 Å². The summed E-state index contributed by atoms with van der Waals surface area (Å²) >= 11 is 6.05. The molecule has 1 aromatic heterocycles. The molecule has 3 N–H and O–H groups in total. The number of alkyl halides is 3. The molecular weight excluding hydrogens is 550 g/mol. The first-order valence-electron chi connectivity index (χ1n) is 12.8. The topological polar surface area (TPSA) is 91.3 Å². The van der Waals surface area contributed by atoms with E-state index in [0.717, 1.165) is 25.0 Å². The lowest BCUT2D eigenvalue weighted by molar-refractivity contribution is -0.144. The smallest absolute Gasteiger partial charge is 0.416 e. The van der Waals surface area contributed by atoms with Crippen LogP contribution in [-0.2, 0) is 22.9 Å². The van der Waals surface area contributed by atoms with Crippen molar-refractivity contribution in [1.82, 2.24) is 15.6 Å². The quantitative estimate of drug-likeness (QED) is 0.294. The number of carboxylic acids is 1. The number of amides is 2. The lowest BCUT2D eigenvalue weighted by atomic mass is 9.79. The van der Waals surface area contributed by atoms with Crippen LogP contribution in [0.25, 0.3) is 0 Å². The fraction of sp³-hybridized carbons (Fsp3) is 0.345. The molecule has 40 heavy (non-hydrogen) atoms. The summed E-state index contributed by atoms with van der Waals surface area (Å²) < 4.78 is 56.2. The van der Waals surface area contributed by atoms with Crippen LogP contribution in [0.1, 0.15) is 41.6 Å². The fourth-order valence-corrected chi connectivity index (χ4v) is 6.40. The molecule has 0 aliphatic heterocycles. The van der Waals surface area contributed by atoms with Gasteiger partial charge in [0.05, 0.1) is 22.2 Å². The molecule has 6 nitrogen and oxygen atoms in total. The van der Waals surface area contributed by atoms with Crippen LogP contribution in [0.2, 0.25) is 5.02 Å². The number of pyridine rings is 1. The van der Waals surface area contributed by atoms with Crippen molar-refractivity contribution >= 4 is 23.6 Å². The number of fused-ring (bicyclic) bond motifs is 2. The molecule has 0 unspecified atom stereocenters. The average Bonchev–Trinajstić information content (AvgIpc) is 3.50. The molecule has 2 fully saturated rings. The van der Waals surface area contributed by atoms with E-state index in [1.165, 1.54) is 18.3 Å². The fourth-order valence-electron chi connectivity index (χ4n) is 6.29. The highest BCUT2D eigenvalue weighted by Crippen LogP contribution is 2.48. The normalized spacial score (nSPS) is 23.4. The van der Waals surface area contributed by atoms with Crippen molar-refractivity contribution in [3.05, 3.63) is 100 Å². The molecule has 2 bridgehead atoms.